The predicted molar refractivity (Wildman–Crippen MR) is 123 cm³/mol. The molecule has 1 aromatic rings. The largest absolute Gasteiger partial charge is 0.497 e. The molecule has 0 spiro atoms. The first-order valence-corrected chi connectivity index (χ1v) is 11.3. The Balaban J connectivity index is 1.68. The van der Waals surface area contributed by atoms with Gasteiger partial charge in [-0.15, -0.1) is 0 Å². The van der Waals surface area contributed by atoms with Gasteiger partial charge in [-0.2, -0.15) is 0 Å². The molecule has 0 bridgehead atoms. The summed E-state index contributed by atoms with van der Waals surface area (Å²) in [5, 5.41) is 17.6. The number of ketones is 1. The number of carbonyl (C=O) groups is 1. The van der Waals surface area contributed by atoms with E-state index in [0.717, 1.165) is 42.7 Å². The highest BCUT2D eigenvalue weighted by Crippen LogP contribution is 2.45. The van der Waals surface area contributed by atoms with Crippen molar-refractivity contribution in [1.82, 2.24) is 10.6 Å². The van der Waals surface area contributed by atoms with Gasteiger partial charge in [0.1, 0.15) is 11.5 Å². The smallest absolute Gasteiger partial charge is 0.148 e. The Morgan fingerprint density at radius 3 is 2.52 bits per heavy atom. The summed E-state index contributed by atoms with van der Waals surface area (Å²) in [5.41, 5.74) is 4.02. The van der Waals surface area contributed by atoms with Crippen LogP contribution in [0.2, 0.25) is 0 Å². The lowest BCUT2D eigenvalue weighted by molar-refractivity contribution is -0.124. The van der Waals surface area contributed by atoms with Gasteiger partial charge in [0.05, 0.1) is 25.8 Å². The van der Waals surface area contributed by atoms with Crippen molar-refractivity contribution in [3.05, 3.63) is 65.4 Å². The fourth-order valence-corrected chi connectivity index (χ4v) is 5.43. The summed E-state index contributed by atoms with van der Waals surface area (Å²) in [6, 6.07) is 8.18. The van der Waals surface area contributed by atoms with E-state index in [2.05, 4.69) is 48.4 Å². The molecule has 5 nitrogen and oxygen atoms in total. The average Bonchev–Trinajstić information content (AvgIpc) is 3.39. The van der Waals surface area contributed by atoms with Crippen LogP contribution < -0.4 is 15.4 Å². The number of nitrogens with one attached hydrogen (secondary N) is 2. The first-order valence-electron chi connectivity index (χ1n) is 11.3. The summed E-state index contributed by atoms with van der Waals surface area (Å²) in [7, 11) is 1.67. The molecule has 1 aromatic carbocycles. The van der Waals surface area contributed by atoms with Gasteiger partial charge in [0.25, 0.3) is 0 Å². The summed E-state index contributed by atoms with van der Waals surface area (Å²) in [4.78, 5) is 13.0. The van der Waals surface area contributed by atoms with Crippen molar-refractivity contribution in [2.45, 2.75) is 51.2 Å². The third-order valence-electron chi connectivity index (χ3n) is 7.32. The molecule has 3 N–H and O–H groups in total. The number of Topliss-reactive ketones (excluding diaryl/α,β-unsaturated/α-hetero) is 1. The molecule has 5 heteroatoms. The lowest BCUT2D eigenvalue weighted by atomic mass is 9.72. The van der Waals surface area contributed by atoms with E-state index in [1.807, 2.05) is 19.1 Å². The fourth-order valence-electron chi connectivity index (χ4n) is 5.43. The van der Waals surface area contributed by atoms with E-state index >= 15 is 0 Å². The maximum absolute atomic E-state index is 13.0. The van der Waals surface area contributed by atoms with Crippen LogP contribution in [-0.2, 0) is 11.2 Å². The van der Waals surface area contributed by atoms with Gasteiger partial charge in [0.15, 0.2) is 0 Å². The summed E-state index contributed by atoms with van der Waals surface area (Å²) < 4.78 is 5.31. The molecule has 3 aliphatic rings. The molecule has 1 heterocycles. The molecule has 2 aliphatic carbocycles. The van der Waals surface area contributed by atoms with Gasteiger partial charge >= 0.3 is 0 Å². The zero-order valence-corrected chi connectivity index (χ0v) is 18.8. The van der Waals surface area contributed by atoms with Gasteiger partial charge in [0.2, 0.25) is 0 Å². The van der Waals surface area contributed by atoms with Crippen molar-refractivity contribution in [3.8, 4) is 5.75 Å². The van der Waals surface area contributed by atoms with Crippen LogP contribution in [0.3, 0.4) is 0 Å². The van der Waals surface area contributed by atoms with Crippen LogP contribution in [-0.4, -0.2) is 36.3 Å². The first kappa shape index (κ1) is 21.8. The molecule has 0 saturated carbocycles. The molecule has 31 heavy (non-hydrogen) atoms. The minimum absolute atomic E-state index is 0.0678. The van der Waals surface area contributed by atoms with Gasteiger partial charge in [-0.3, -0.25) is 10.1 Å². The minimum atomic E-state index is -0.358. The number of rotatable bonds is 7. The monoisotopic (exact) mass is 422 g/mol. The van der Waals surface area contributed by atoms with Gasteiger partial charge in [-0.05, 0) is 61.4 Å². The Kier molecular flexibility index (Phi) is 6.09. The first-order chi connectivity index (χ1) is 14.9. The predicted octanol–water partition coefficient (Wildman–Crippen LogP) is 3.51. The summed E-state index contributed by atoms with van der Waals surface area (Å²) >= 11 is 0. The van der Waals surface area contributed by atoms with Crippen LogP contribution in [0.15, 0.2) is 59.8 Å². The normalized spacial score (nSPS) is 29.3. The van der Waals surface area contributed by atoms with Crippen molar-refractivity contribution >= 4 is 5.78 Å². The van der Waals surface area contributed by atoms with Crippen molar-refractivity contribution in [2.24, 2.45) is 17.8 Å². The highest BCUT2D eigenvalue weighted by Gasteiger charge is 2.47. The topological polar surface area (TPSA) is 70.6 Å². The molecule has 1 aliphatic heterocycles. The molecule has 0 amide bonds. The molecule has 4 atom stereocenters. The van der Waals surface area contributed by atoms with Crippen molar-refractivity contribution in [2.75, 3.05) is 13.7 Å². The number of aliphatic hydroxyl groups is 1. The standard InChI is InChI=1S/C26H34N2O3/c1-5-20-16(2)22-21(14-18-8-10-19(31-4)11-9-18)25(27-23(22)17(3)24(20)30)28-26(15-29)12-6-7-13-26/h6-11,17,20-21,25,27-29H,2,5,12-15H2,1,3-4H3. The van der Waals surface area contributed by atoms with Crippen LogP contribution in [0.1, 0.15) is 38.7 Å². The van der Waals surface area contributed by atoms with Gasteiger partial charge in [0, 0.05) is 23.1 Å². The summed E-state index contributed by atoms with van der Waals surface area (Å²) in [5.74, 6) is 0.938. The lowest BCUT2D eigenvalue weighted by Gasteiger charge is -2.35. The second-order valence-electron chi connectivity index (χ2n) is 9.18. The molecule has 0 saturated heterocycles. The fraction of sp³-hybridized carbons (Fsp3) is 0.500. The molecule has 0 aromatic heterocycles. The number of ether oxygens (including phenoxy) is 1. The Morgan fingerprint density at radius 2 is 1.94 bits per heavy atom. The zero-order chi connectivity index (χ0) is 22.2. The van der Waals surface area contributed by atoms with E-state index in [1.165, 1.54) is 11.1 Å². The van der Waals surface area contributed by atoms with E-state index < -0.39 is 0 Å². The second kappa shape index (κ2) is 8.64. The number of hydrogen-bond donors (Lipinski definition) is 3. The van der Waals surface area contributed by atoms with Gasteiger partial charge in [-0.25, -0.2) is 0 Å². The number of allylic oxidation sites excluding steroid dienone is 2. The molecule has 0 radical (unpaired) electrons. The van der Waals surface area contributed by atoms with Crippen LogP contribution in [0.4, 0.5) is 0 Å². The Morgan fingerprint density at radius 1 is 1.26 bits per heavy atom. The van der Waals surface area contributed by atoms with Gasteiger partial charge < -0.3 is 15.2 Å². The van der Waals surface area contributed by atoms with Crippen molar-refractivity contribution in [1.29, 1.82) is 0 Å². The Hall–Kier alpha value is -2.37. The highest BCUT2D eigenvalue weighted by molar-refractivity contribution is 5.91. The lowest BCUT2D eigenvalue weighted by Crippen LogP contribution is -2.57. The molecule has 4 unspecified atom stereocenters. The van der Waals surface area contributed by atoms with E-state index in [9.17, 15) is 9.90 Å². The quantitative estimate of drug-likeness (QED) is 0.587. The van der Waals surface area contributed by atoms with Gasteiger partial charge in [-0.1, -0.05) is 37.8 Å². The molecule has 4 rings (SSSR count). The van der Waals surface area contributed by atoms with E-state index in [0.29, 0.717) is 0 Å². The maximum atomic E-state index is 13.0. The van der Waals surface area contributed by atoms with E-state index in [4.69, 9.17) is 4.74 Å². The van der Waals surface area contributed by atoms with E-state index in [1.54, 1.807) is 7.11 Å². The highest BCUT2D eigenvalue weighted by atomic mass is 16.5. The zero-order valence-electron chi connectivity index (χ0n) is 18.8. The third kappa shape index (κ3) is 3.85. The van der Waals surface area contributed by atoms with Crippen LogP contribution >= 0.6 is 0 Å². The van der Waals surface area contributed by atoms with Crippen LogP contribution in [0.5, 0.6) is 5.75 Å². The average molecular weight is 423 g/mol. The second-order valence-corrected chi connectivity index (χ2v) is 9.18. The number of carbonyl (C=O) groups excluding carboxylic acids is 1. The maximum Gasteiger partial charge on any atom is 0.148 e. The summed E-state index contributed by atoms with van der Waals surface area (Å²) in [6.45, 7) is 8.53. The minimum Gasteiger partial charge on any atom is -0.497 e. The van der Waals surface area contributed by atoms with Crippen LogP contribution in [0.25, 0.3) is 0 Å². The third-order valence-corrected chi connectivity index (χ3v) is 7.32. The van der Waals surface area contributed by atoms with E-state index in [-0.39, 0.29) is 41.8 Å². The SMILES string of the molecule is C=C1C2=C(NC(NC3(CO)CC=CC3)C2Cc2ccc(OC)cc2)C(C)C(=O)C1CC. The number of hydrogen-bond acceptors (Lipinski definition) is 5. The summed E-state index contributed by atoms with van der Waals surface area (Å²) in [6.07, 6.45) is 7.38. The van der Waals surface area contributed by atoms with Crippen molar-refractivity contribution < 1.29 is 14.6 Å². The molecular formula is C26H34N2O3. The number of benzene rings is 1. The molecule has 166 valence electrons. The molecule has 0 fully saturated rings. The molecular weight excluding hydrogens is 388 g/mol. The Bertz CT molecular complexity index is 907. The van der Waals surface area contributed by atoms with Crippen molar-refractivity contribution in [3.63, 3.8) is 0 Å². The number of methoxy groups -OCH3 is 1. The van der Waals surface area contributed by atoms with Crippen LogP contribution in [0, 0.1) is 17.8 Å². The number of aliphatic hydroxyl groups excluding tert-OH is 1. The Labute approximate surface area is 185 Å².